The van der Waals surface area contributed by atoms with Crippen molar-refractivity contribution in [1.82, 2.24) is 20.2 Å². The first kappa shape index (κ1) is 14.1. The van der Waals surface area contributed by atoms with Crippen LogP contribution in [0, 0.1) is 0 Å². The number of H-pyrrole nitrogens is 1. The molecule has 0 unspecified atom stereocenters. The van der Waals surface area contributed by atoms with Gasteiger partial charge in [0.1, 0.15) is 5.82 Å². The topological polar surface area (TPSA) is 89.7 Å². The molecule has 2 aromatic heterocycles. The molecule has 0 fully saturated rings. The largest absolute Gasteiger partial charge is 0.467 e. The molecule has 0 aliphatic rings. The molecule has 114 valence electrons. The minimum Gasteiger partial charge on any atom is -0.467 e. The molecule has 0 amide bonds. The fourth-order valence-corrected chi connectivity index (χ4v) is 2.12. The van der Waals surface area contributed by atoms with Crippen LogP contribution >= 0.6 is 0 Å². The number of ether oxygens (including phenoxy) is 1. The predicted octanol–water partition coefficient (Wildman–Crippen LogP) is 2.63. The number of benzene rings is 1. The number of nitrogens with zero attached hydrogens (tertiary/aromatic N) is 3. The Hall–Kier alpha value is -2.84. The van der Waals surface area contributed by atoms with Crippen molar-refractivity contribution in [2.75, 3.05) is 12.8 Å². The number of alkyl halides is 3. The molecular formula is C13H10F3N5O. The van der Waals surface area contributed by atoms with Gasteiger partial charge >= 0.3 is 12.2 Å². The first-order valence-electron chi connectivity index (χ1n) is 6.11. The van der Waals surface area contributed by atoms with Gasteiger partial charge in [-0.25, -0.2) is 4.98 Å². The summed E-state index contributed by atoms with van der Waals surface area (Å²) in [6.07, 6.45) is -1.74. The zero-order valence-electron chi connectivity index (χ0n) is 11.3. The van der Waals surface area contributed by atoms with E-state index in [0.717, 1.165) is 12.1 Å². The van der Waals surface area contributed by atoms with Crippen LogP contribution in [0.15, 0.2) is 24.5 Å². The monoisotopic (exact) mass is 309 g/mol. The zero-order valence-corrected chi connectivity index (χ0v) is 11.3. The van der Waals surface area contributed by atoms with Gasteiger partial charge in [-0.15, -0.1) is 0 Å². The number of hydrogen-bond donors (Lipinski definition) is 2. The normalized spacial score (nSPS) is 11.8. The quantitative estimate of drug-likeness (QED) is 0.759. The number of fused-ring (bicyclic) bond motifs is 1. The summed E-state index contributed by atoms with van der Waals surface area (Å²) in [7, 11) is 1.37. The Kier molecular flexibility index (Phi) is 3.12. The third-order valence-electron chi connectivity index (χ3n) is 3.15. The minimum absolute atomic E-state index is 0.0219. The maximum absolute atomic E-state index is 13.0. The maximum Gasteiger partial charge on any atom is 0.416 e. The van der Waals surface area contributed by atoms with Gasteiger partial charge < -0.3 is 10.5 Å². The van der Waals surface area contributed by atoms with Crippen LogP contribution in [-0.4, -0.2) is 27.3 Å². The lowest BCUT2D eigenvalue weighted by Gasteiger charge is -2.11. The van der Waals surface area contributed by atoms with Crippen LogP contribution in [0.1, 0.15) is 5.56 Å². The molecule has 9 heteroatoms. The molecule has 0 aliphatic heterocycles. The van der Waals surface area contributed by atoms with Crippen LogP contribution in [-0.2, 0) is 6.18 Å². The molecular weight excluding hydrogens is 299 g/mol. The predicted molar refractivity (Wildman–Crippen MR) is 73.1 cm³/mol. The molecule has 2 heterocycles. The van der Waals surface area contributed by atoms with Crippen molar-refractivity contribution >= 4 is 16.7 Å². The highest BCUT2D eigenvalue weighted by Crippen LogP contribution is 2.37. The van der Waals surface area contributed by atoms with Crippen molar-refractivity contribution in [2.45, 2.75) is 6.18 Å². The Bertz CT molecular complexity index is 843. The van der Waals surface area contributed by atoms with Crippen LogP contribution < -0.4 is 10.5 Å². The molecule has 3 aromatic rings. The summed E-state index contributed by atoms with van der Waals surface area (Å²) in [4.78, 5) is 7.78. The van der Waals surface area contributed by atoms with Crippen LogP contribution in [0.5, 0.6) is 6.01 Å². The smallest absolute Gasteiger partial charge is 0.416 e. The van der Waals surface area contributed by atoms with Crippen molar-refractivity contribution in [3.63, 3.8) is 0 Å². The Morgan fingerprint density at radius 3 is 2.59 bits per heavy atom. The van der Waals surface area contributed by atoms with Crippen molar-refractivity contribution in [1.29, 1.82) is 0 Å². The molecule has 0 bridgehead atoms. The van der Waals surface area contributed by atoms with E-state index in [-0.39, 0.29) is 28.5 Å². The lowest BCUT2D eigenvalue weighted by molar-refractivity contribution is -0.137. The van der Waals surface area contributed by atoms with Gasteiger partial charge in [-0.2, -0.15) is 23.3 Å². The summed E-state index contributed by atoms with van der Waals surface area (Å²) in [5.74, 6) is 0.0219. The standard InChI is InChI=1S/C13H10F3N5O/c1-22-12-18-4-9(11(17)20-12)7-2-6(13(14,15)16)3-10-8(7)5-19-21-10/h2-5H,1H3,(H,19,21)(H2,17,18,20). The van der Waals surface area contributed by atoms with E-state index in [2.05, 4.69) is 20.2 Å². The number of aromatic nitrogens is 4. The summed E-state index contributed by atoms with van der Waals surface area (Å²) in [6, 6.07) is 2.03. The lowest BCUT2D eigenvalue weighted by atomic mass is 10.0. The third kappa shape index (κ3) is 2.30. The van der Waals surface area contributed by atoms with Crippen LogP contribution in [0.4, 0.5) is 19.0 Å². The van der Waals surface area contributed by atoms with E-state index in [9.17, 15) is 13.2 Å². The maximum atomic E-state index is 13.0. The number of anilines is 1. The minimum atomic E-state index is -4.49. The number of rotatable bonds is 2. The fraction of sp³-hybridized carbons (Fsp3) is 0.154. The summed E-state index contributed by atoms with van der Waals surface area (Å²) < 4.78 is 43.9. The molecule has 0 atom stereocenters. The van der Waals surface area contributed by atoms with Crippen molar-refractivity contribution in [3.05, 3.63) is 30.1 Å². The second kappa shape index (κ2) is 4.86. The van der Waals surface area contributed by atoms with Crippen molar-refractivity contribution in [3.8, 4) is 17.1 Å². The SMILES string of the molecule is COc1ncc(-c2cc(C(F)(F)F)cc3[nH]ncc23)c(N)n1. The Balaban J connectivity index is 2.27. The lowest BCUT2D eigenvalue weighted by Crippen LogP contribution is -2.06. The zero-order chi connectivity index (χ0) is 15.9. The Labute approximate surface area is 122 Å². The van der Waals surface area contributed by atoms with Gasteiger partial charge in [-0.3, -0.25) is 5.10 Å². The van der Waals surface area contributed by atoms with Crippen molar-refractivity contribution in [2.24, 2.45) is 0 Å². The number of nitrogen functional groups attached to an aromatic ring is 1. The second-order valence-electron chi connectivity index (χ2n) is 4.51. The van der Waals surface area contributed by atoms with E-state index in [1.807, 2.05) is 0 Å². The van der Waals surface area contributed by atoms with Gasteiger partial charge in [0.25, 0.3) is 0 Å². The molecule has 1 aromatic carbocycles. The number of halogens is 3. The van der Waals surface area contributed by atoms with Gasteiger partial charge in [-0.1, -0.05) is 0 Å². The van der Waals surface area contributed by atoms with Crippen LogP contribution in [0.2, 0.25) is 0 Å². The first-order valence-corrected chi connectivity index (χ1v) is 6.11. The number of nitrogens with one attached hydrogen (secondary N) is 1. The molecule has 0 spiro atoms. The van der Waals surface area contributed by atoms with E-state index in [0.29, 0.717) is 5.39 Å². The van der Waals surface area contributed by atoms with Gasteiger partial charge in [-0.05, 0) is 17.7 Å². The summed E-state index contributed by atoms with van der Waals surface area (Å²) in [5.41, 5.74) is 5.77. The van der Waals surface area contributed by atoms with E-state index in [1.54, 1.807) is 0 Å². The molecule has 22 heavy (non-hydrogen) atoms. The van der Waals surface area contributed by atoms with E-state index in [4.69, 9.17) is 10.5 Å². The van der Waals surface area contributed by atoms with E-state index in [1.165, 1.54) is 19.5 Å². The second-order valence-corrected chi connectivity index (χ2v) is 4.51. The summed E-state index contributed by atoms with van der Waals surface area (Å²) in [5, 5.41) is 6.80. The third-order valence-corrected chi connectivity index (χ3v) is 3.15. The highest BCUT2D eigenvalue weighted by molar-refractivity contribution is 5.97. The highest BCUT2D eigenvalue weighted by Gasteiger charge is 2.32. The molecule has 0 aliphatic carbocycles. The first-order chi connectivity index (χ1) is 10.4. The van der Waals surface area contributed by atoms with Gasteiger partial charge in [0.15, 0.2) is 0 Å². The molecule has 0 saturated carbocycles. The van der Waals surface area contributed by atoms with Gasteiger partial charge in [0.2, 0.25) is 0 Å². The average Bonchev–Trinajstić information content (AvgIpc) is 2.93. The Morgan fingerprint density at radius 1 is 1.18 bits per heavy atom. The van der Waals surface area contributed by atoms with Crippen LogP contribution in [0.25, 0.3) is 22.0 Å². The number of hydrogen-bond acceptors (Lipinski definition) is 5. The number of methoxy groups -OCH3 is 1. The molecule has 6 nitrogen and oxygen atoms in total. The molecule has 0 radical (unpaired) electrons. The van der Waals surface area contributed by atoms with E-state index >= 15 is 0 Å². The summed E-state index contributed by atoms with van der Waals surface area (Å²) in [6.45, 7) is 0. The summed E-state index contributed by atoms with van der Waals surface area (Å²) >= 11 is 0. The number of nitrogens with two attached hydrogens (primary N) is 1. The average molecular weight is 309 g/mol. The molecule has 3 rings (SSSR count). The van der Waals surface area contributed by atoms with Gasteiger partial charge in [0, 0.05) is 17.1 Å². The molecule has 3 N–H and O–H groups in total. The fourth-order valence-electron chi connectivity index (χ4n) is 2.12. The number of aromatic amines is 1. The highest BCUT2D eigenvalue weighted by atomic mass is 19.4. The van der Waals surface area contributed by atoms with Crippen LogP contribution in [0.3, 0.4) is 0 Å². The van der Waals surface area contributed by atoms with Crippen molar-refractivity contribution < 1.29 is 17.9 Å². The van der Waals surface area contributed by atoms with E-state index < -0.39 is 11.7 Å². The Morgan fingerprint density at radius 2 is 1.95 bits per heavy atom. The molecule has 0 saturated heterocycles. The van der Waals surface area contributed by atoms with Gasteiger partial charge in [0.05, 0.1) is 24.4 Å².